The first-order valence-electron chi connectivity index (χ1n) is 9.76. The normalized spacial score (nSPS) is 12.0. The van der Waals surface area contributed by atoms with Crippen LogP contribution < -0.4 is 5.32 Å². The lowest BCUT2D eigenvalue weighted by Crippen LogP contribution is -2.46. The van der Waals surface area contributed by atoms with Crippen molar-refractivity contribution in [1.29, 1.82) is 0 Å². The predicted octanol–water partition coefficient (Wildman–Crippen LogP) is 5.21. The van der Waals surface area contributed by atoms with Crippen LogP contribution >= 0.6 is 23.2 Å². The van der Waals surface area contributed by atoms with Gasteiger partial charge in [-0.25, -0.2) is 0 Å². The molecule has 0 aliphatic heterocycles. The number of nitrogens with zero attached hydrogens (tertiary/aromatic N) is 1. The number of amides is 2. The maximum absolute atomic E-state index is 13.0. The van der Waals surface area contributed by atoms with Crippen molar-refractivity contribution in [3.8, 4) is 0 Å². The predicted molar refractivity (Wildman–Crippen MR) is 119 cm³/mol. The molecule has 0 aromatic heterocycles. The van der Waals surface area contributed by atoms with Gasteiger partial charge in [-0.1, -0.05) is 67.4 Å². The monoisotopic (exact) mass is 434 g/mol. The second kappa shape index (κ2) is 10.7. The van der Waals surface area contributed by atoms with Crippen LogP contribution in [0, 0.1) is 0 Å². The molecule has 0 saturated carbocycles. The van der Waals surface area contributed by atoms with E-state index in [2.05, 4.69) is 43.4 Å². The Balaban J connectivity index is 2.14. The van der Waals surface area contributed by atoms with E-state index in [-0.39, 0.29) is 18.4 Å². The molecule has 0 saturated heterocycles. The number of halogens is 2. The van der Waals surface area contributed by atoms with Crippen LogP contribution in [0.1, 0.15) is 49.8 Å². The minimum atomic E-state index is -0.609. The van der Waals surface area contributed by atoms with Gasteiger partial charge >= 0.3 is 0 Å². The lowest BCUT2D eigenvalue weighted by atomic mass is 10.00. The van der Waals surface area contributed by atoms with Crippen LogP contribution in [0.15, 0.2) is 42.5 Å². The highest BCUT2D eigenvalue weighted by atomic mass is 35.5. The summed E-state index contributed by atoms with van der Waals surface area (Å²) in [6.45, 7) is 6.27. The minimum absolute atomic E-state index is 0.0972. The molecular formula is C23H28Cl2N2O2. The third-order valence-electron chi connectivity index (χ3n) is 5.04. The lowest BCUT2D eigenvalue weighted by Gasteiger charge is -2.29. The topological polar surface area (TPSA) is 49.4 Å². The van der Waals surface area contributed by atoms with Crippen molar-refractivity contribution in [3.63, 3.8) is 0 Å². The van der Waals surface area contributed by atoms with E-state index in [4.69, 9.17) is 23.2 Å². The van der Waals surface area contributed by atoms with Gasteiger partial charge in [-0.15, -0.1) is 0 Å². The first kappa shape index (κ1) is 23.2. The summed E-state index contributed by atoms with van der Waals surface area (Å²) in [4.78, 5) is 26.8. The van der Waals surface area contributed by atoms with E-state index in [0.29, 0.717) is 28.8 Å². The Morgan fingerprint density at radius 3 is 2.24 bits per heavy atom. The first-order valence-corrected chi connectivity index (χ1v) is 10.5. The molecule has 2 aromatic rings. The molecule has 0 bridgehead atoms. The average molecular weight is 435 g/mol. The number of rotatable bonds is 8. The van der Waals surface area contributed by atoms with Crippen LogP contribution in [0.25, 0.3) is 0 Å². The third kappa shape index (κ3) is 6.48. The molecule has 156 valence electrons. The highest BCUT2D eigenvalue weighted by Crippen LogP contribution is 2.24. The fourth-order valence-corrected chi connectivity index (χ4v) is 3.56. The van der Waals surface area contributed by atoms with E-state index < -0.39 is 6.04 Å². The van der Waals surface area contributed by atoms with Crippen LogP contribution in [-0.2, 0) is 22.6 Å². The summed E-state index contributed by atoms with van der Waals surface area (Å²) in [6, 6.07) is 12.9. The molecule has 0 aliphatic rings. The Kier molecular flexibility index (Phi) is 8.54. The van der Waals surface area contributed by atoms with Crippen LogP contribution in [0.2, 0.25) is 10.0 Å². The highest BCUT2D eigenvalue weighted by Gasteiger charge is 2.25. The van der Waals surface area contributed by atoms with E-state index in [1.54, 1.807) is 37.1 Å². The van der Waals surface area contributed by atoms with Crippen molar-refractivity contribution in [2.24, 2.45) is 0 Å². The highest BCUT2D eigenvalue weighted by molar-refractivity contribution is 6.35. The molecule has 1 atom stereocenters. The van der Waals surface area contributed by atoms with Gasteiger partial charge < -0.3 is 10.2 Å². The van der Waals surface area contributed by atoms with Crippen molar-refractivity contribution in [2.75, 3.05) is 7.05 Å². The molecule has 0 unspecified atom stereocenters. The largest absolute Gasteiger partial charge is 0.357 e. The molecule has 0 fully saturated rings. The smallest absolute Gasteiger partial charge is 0.242 e. The number of hydrogen-bond acceptors (Lipinski definition) is 2. The molecule has 2 rings (SSSR count). The van der Waals surface area contributed by atoms with Gasteiger partial charge in [0.25, 0.3) is 0 Å². The maximum Gasteiger partial charge on any atom is 0.242 e. The van der Waals surface area contributed by atoms with Crippen molar-refractivity contribution >= 4 is 35.0 Å². The SMILES string of the molecule is CNC(=O)[C@@H](C)N(Cc1ccc(Cl)cc1Cl)C(=O)CCc1ccc(C(C)C)cc1. The molecule has 0 radical (unpaired) electrons. The minimum Gasteiger partial charge on any atom is -0.357 e. The number of carbonyl (C=O) groups excluding carboxylic acids is 2. The van der Waals surface area contributed by atoms with E-state index in [1.165, 1.54) is 5.56 Å². The van der Waals surface area contributed by atoms with Crippen molar-refractivity contribution < 1.29 is 9.59 Å². The fourth-order valence-electron chi connectivity index (χ4n) is 3.09. The third-order valence-corrected chi connectivity index (χ3v) is 5.63. The summed E-state index contributed by atoms with van der Waals surface area (Å²) < 4.78 is 0. The number of aryl methyl sites for hydroxylation is 1. The summed E-state index contributed by atoms with van der Waals surface area (Å²) in [5.74, 6) is 0.156. The van der Waals surface area contributed by atoms with E-state index in [1.807, 2.05) is 0 Å². The molecule has 0 spiro atoms. The Labute approximate surface area is 183 Å². The molecule has 4 nitrogen and oxygen atoms in total. The fraction of sp³-hybridized carbons (Fsp3) is 0.391. The first-order chi connectivity index (χ1) is 13.7. The van der Waals surface area contributed by atoms with Gasteiger partial charge in [-0.2, -0.15) is 0 Å². The van der Waals surface area contributed by atoms with Crippen molar-refractivity contribution in [3.05, 3.63) is 69.2 Å². The zero-order chi connectivity index (χ0) is 21.6. The summed E-state index contributed by atoms with van der Waals surface area (Å²) in [7, 11) is 1.56. The number of benzene rings is 2. The molecule has 0 heterocycles. The number of hydrogen-bond donors (Lipinski definition) is 1. The van der Waals surface area contributed by atoms with Gasteiger partial charge in [0.2, 0.25) is 11.8 Å². The van der Waals surface area contributed by atoms with Crippen LogP contribution in [0.4, 0.5) is 0 Å². The average Bonchev–Trinajstić information content (AvgIpc) is 2.70. The van der Waals surface area contributed by atoms with Crippen LogP contribution in [0.5, 0.6) is 0 Å². The van der Waals surface area contributed by atoms with Crippen LogP contribution in [0.3, 0.4) is 0 Å². The maximum atomic E-state index is 13.0. The second-order valence-electron chi connectivity index (χ2n) is 7.44. The molecule has 29 heavy (non-hydrogen) atoms. The molecule has 1 N–H and O–H groups in total. The Bertz CT molecular complexity index is 850. The van der Waals surface area contributed by atoms with E-state index in [9.17, 15) is 9.59 Å². The Morgan fingerprint density at radius 2 is 1.69 bits per heavy atom. The quantitative estimate of drug-likeness (QED) is 0.619. The van der Waals surface area contributed by atoms with Gasteiger partial charge in [0, 0.05) is 30.1 Å². The molecule has 2 aromatic carbocycles. The summed E-state index contributed by atoms with van der Waals surface area (Å²) in [5.41, 5.74) is 3.12. The van der Waals surface area contributed by atoms with Gasteiger partial charge in [0.15, 0.2) is 0 Å². The van der Waals surface area contributed by atoms with Gasteiger partial charge in [0.1, 0.15) is 6.04 Å². The van der Waals surface area contributed by atoms with Crippen molar-refractivity contribution in [2.45, 2.75) is 52.1 Å². The number of nitrogens with one attached hydrogen (secondary N) is 1. The molecular weight excluding hydrogens is 407 g/mol. The summed E-state index contributed by atoms with van der Waals surface area (Å²) in [5, 5.41) is 3.62. The standard InChI is InChI=1S/C23H28Cl2N2O2/c1-15(2)18-8-5-17(6-9-18)7-12-22(28)27(16(3)23(29)26-4)14-19-10-11-20(24)13-21(19)25/h5-6,8-11,13,15-16H,7,12,14H2,1-4H3,(H,26,29)/t16-/m1/s1. The van der Waals surface area contributed by atoms with E-state index >= 15 is 0 Å². The van der Waals surface area contributed by atoms with Crippen LogP contribution in [-0.4, -0.2) is 29.8 Å². The number of carbonyl (C=O) groups is 2. The molecule has 0 aliphatic carbocycles. The van der Waals surface area contributed by atoms with Gasteiger partial charge in [0.05, 0.1) is 0 Å². The zero-order valence-electron chi connectivity index (χ0n) is 17.3. The summed E-state index contributed by atoms with van der Waals surface area (Å²) >= 11 is 12.3. The Hall–Kier alpha value is -2.04. The Morgan fingerprint density at radius 1 is 1.03 bits per heavy atom. The second-order valence-corrected chi connectivity index (χ2v) is 8.29. The van der Waals surface area contributed by atoms with E-state index in [0.717, 1.165) is 11.1 Å². The van der Waals surface area contributed by atoms with Gasteiger partial charge in [-0.05, 0) is 48.1 Å². The number of likely N-dealkylation sites (N-methyl/N-ethyl adjacent to an activating group) is 1. The summed E-state index contributed by atoms with van der Waals surface area (Å²) in [6.07, 6.45) is 0.927. The lowest BCUT2D eigenvalue weighted by molar-refractivity contribution is -0.140. The zero-order valence-corrected chi connectivity index (χ0v) is 18.8. The van der Waals surface area contributed by atoms with Crippen molar-refractivity contribution in [1.82, 2.24) is 10.2 Å². The molecule has 2 amide bonds. The molecule has 6 heteroatoms. The van der Waals surface area contributed by atoms with Gasteiger partial charge in [-0.3, -0.25) is 9.59 Å².